The molecule has 0 heterocycles. The number of phenols is 3. The first-order valence-corrected chi connectivity index (χ1v) is 9.62. The third kappa shape index (κ3) is 5.28. The fourth-order valence-corrected chi connectivity index (χ4v) is 2.93. The van der Waals surface area contributed by atoms with E-state index >= 15 is 0 Å². The molecule has 0 radical (unpaired) electrons. The molecule has 0 saturated heterocycles. The van der Waals surface area contributed by atoms with Gasteiger partial charge in [0, 0.05) is 18.0 Å². The molecule has 166 valence electrons. The van der Waals surface area contributed by atoms with Crippen molar-refractivity contribution in [2.75, 3.05) is 21.3 Å². The van der Waals surface area contributed by atoms with Gasteiger partial charge in [0.05, 0.1) is 21.3 Å². The van der Waals surface area contributed by atoms with Gasteiger partial charge in [-0.2, -0.15) is 0 Å². The highest BCUT2D eigenvalue weighted by Crippen LogP contribution is 2.32. The molecule has 0 atom stereocenters. The molecule has 8 heteroatoms. The van der Waals surface area contributed by atoms with Crippen LogP contribution in [0.1, 0.15) is 22.9 Å². The predicted molar refractivity (Wildman–Crippen MR) is 122 cm³/mol. The standard InChI is InChI=1S/C24H24N2O6/c1-30-21-10-15(4-7-18(21)27)13-25-24(17-6-9-20(29)23(12-17)32-3)26-14-16-5-8-19(28)22(11-16)31-2/h4-14,24,27-29H,1-3H3. The van der Waals surface area contributed by atoms with Crippen LogP contribution in [0.2, 0.25) is 0 Å². The lowest BCUT2D eigenvalue weighted by atomic mass is 10.1. The lowest BCUT2D eigenvalue weighted by molar-refractivity contribution is 0.372. The van der Waals surface area contributed by atoms with Crippen LogP contribution in [0.4, 0.5) is 0 Å². The summed E-state index contributed by atoms with van der Waals surface area (Å²) in [5.41, 5.74) is 2.09. The first-order valence-electron chi connectivity index (χ1n) is 9.62. The fourth-order valence-electron chi connectivity index (χ4n) is 2.93. The average Bonchev–Trinajstić information content (AvgIpc) is 2.81. The van der Waals surface area contributed by atoms with Crippen molar-refractivity contribution in [3.63, 3.8) is 0 Å². The van der Waals surface area contributed by atoms with Crippen LogP contribution in [0.3, 0.4) is 0 Å². The summed E-state index contributed by atoms with van der Waals surface area (Å²) in [6, 6.07) is 14.6. The number of methoxy groups -OCH3 is 3. The van der Waals surface area contributed by atoms with Crippen LogP contribution in [-0.4, -0.2) is 49.1 Å². The Hall–Kier alpha value is -4.20. The largest absolute Gasteiger partial charge is 0.504 e. The first-order chi connectivity index (χ1) is 15.4. The number of aromatic hydroxyl groups is 3. The summed E-state index contributed by atoms with van der Waals surface area (Å²) in [4.78, 5) is 9.14. The maximum Gasteiger partial charge on any atom is 0.165 e. The van der Waals surface area contributed by atoms with E-state index in [1.165, 1.54) is 39.5 Å². The van der Waals surface area contributed by atoms with Crippen LogP contribution in [0, 0.1) is 0 Å². The summed E-state index contributed by atoms with van der Waals surface area (Å²) in [5.74, 6) is 1.03. The van der Waals surface area contributed by atoms with E-state index in [1.807, 2.05) is 0 Å². The number of rotatable bonds is 8. The van der Waals surface area contributed by atoms with Crippen LogP contribution in [0.5, 0.6) is 34.5 Å². The van der Waals surface area contributed by atoms with Crippen LogP contribution in [-0.2, 0) is 0 Å². The van der Waals surface area contributed by atoms with Crippen molar-refractivity contribution in [2.24, 2.45) is 9.98 Å². The number of nitrogens with zero attached hydrogens (tertiary/aromatic N) is 2. The Labute approximate surface area is 185 Å². The minimum Gasteiger partial charge on any atom is -0.504 e. The molecule has 3 N–H and O–H groups in total. The maximum atomic E-state index is 9.92. The van der Waals surface area contributed by atoms with Gasteiger partial charge in [-0.1, -0.05) is 6.07 Å². The minimum absolute atomic E-state index is 0.00880. The molecule has 3 rings (SSSR count). The molecule has 0 unspecified atom stereocenters. The predicted octanol–water partition coefficient (Wildman–Crippen LogP) is 4.07. The van der Waals surface area contributed by atoms with Crippen LogP contribution < -0.4 is 14.2 Å². The normalized spacial score (nSPS) is 12.2. The first kappa shape index (κ1) is 22.5. The van der Waals surface area contributed by atoms with Gasteiger partial charge in [0.25, 0.3) is 0 Å². The molecule has 0 bridgehead atoms. The van der Waals surface area contributed by atoms with Crippen LogP contribution >= 0.6 is 0 Å². The van der Waals surface area contributed by atoms with E-state index in [9.17, 15) is 15.3 Å². The van der Waals surface area contributed by atoms with Gasteiger partial charge in [0.2, 0.25) is 0 Å². The minimum atomic E-state index is -0.663. The summed E-state index contributed by atoms with van der Waals surface area (Å²) in [5, 5.41) is 29.5. The van der Waals surface area contributed by atoms with Gasteiger partial charge in [-0.05, 0) is 59.7 Å². The Morgan fingerprint density at radius 3 is 1.47 bits per heavy atom. The number of ether oxygens (including phenoxy) is 3. The number of hydrogen-bond donors (Lipinski definition) is 3. The molecule has 0 aliphatic rings. The maximum absolute atomic E-state index is 9.92. The molecule has 0 amide bonds. The molecule has 0 saturated carbocycles. The number of benzene rings is 3. The van der Waals surface area contributed by atoms with Gasteiger partial charge in [-0.3, -0.25) is 9.98 Å². The van der Waals surface area contributed by atoms with Crippen molar-refractivity contribution in [3.05, 3.63) is 71.3 Å². The number of aliphatic imine (C=N–C) groups is 2. The van der Waals surface area contributed by atoms with Crippen molar-refractivity contribution < 1.29 is 29.5 Å². The SMILES string of the molecule is COc1cc(C=NC(N=Cc2ccc(O)c(OC)c2)c2ccc(O)c(OC)c2)ccc1O. The third-order valence-electron chi connectivity index (χ3n) is 4.64. The summed E-state index contributed by atoms with van der Waals surface area (Å²) < 4.78 is 15.5. The zero-order chi connectivity index (χ0) is 23.1. The van der Waals surface area contributed by atoms with E-state index in [0.29, 0.717) is 33.9 Å². The molecule has 3 aromatic carbocycles. The van der Waals surface area contributed by atoms with Gasteiger partial charge in [-0.15, -0.1) is 0 Å². The molecule has 0 fully saturated rings. The van der Waals surface area contributed by atoms with Crippen molar-refractivity contribution in [1.82, 2.24) is 0 Å². The Morgan fingerprint density at radius 1 is 0.625 bits per heavy atom. The summed E-state index contributed by atoms with van der Waals surface area (Å²) in [6.07, 6.45) is 2.56. The zero-order valence-corrected chi connectivity index (χ0v) is 17.9. The lowest BCUT2D eigenvalue weighted by Crippen LogP contribution is -1.97. The molecular weight excluding hydrogens is 412 g/mol. The molecule has 8 nitrogen and oxygen atoms in total. The Kier molecular flexibility index (Phi) is 7.17. The molecular formula is C24H24N2O6. The van der Waals surface area contributed by atoms with Gasteiger partial charge < -0.3 is 29.5 Å². The van der Waals surface area contributed by atoms with Crippen molar-refractivity contribution >= 4 is 12.4 Å². The summed E-state index contributed by atoms with van der Waals surface area (Å²) >= 11 is 0. The number of hydrogen-bond acceptors (Lipinski definition) is 8. The highest BCUT2D eigenvalue weighted by molar-refractivity contribution is 5.83. The van der Waals surface area contributed by atoms with E-state index in [4.69, 9.17) is 14.2 Å². The molecule has 0 aliphatic heterocycles. The van der Waals surface area contributed by atoms with Crippen molar-refractivity contribution in [2.45, 2.75) is 6.17 Å². The summed E-state index contributed by atoms with van der Waals surface area (Å²) in [7, 11) is 4.40. The molecule has 0 aliphatic carbocycles. The van der Waals surface area contributed by atoms with Crippen molar-refractivity contribution in [1.29, 1.82) is 0 Å². The van der Waals surface area contributed by atoms with E-state index in [0.717, 1.165) is 0 Å². The fraction of sp³-hybridized carbons (Fsp3) is 0.167. The smallest absolute Gasteiger partial charge is 0.165 e. The molecule has 0 aromatic heterocycles. The van der Waals surface area contributed by atoms with E-state index in [1.54, 1.807) is 48.8 Å². The topological polar surface area (TPSA) is 113 Å². The zero-order valence-electron chi connectivity index (χ0n) is 17.9. The molecule has 32 heavy (non-hydrogen) atoms. The molecule has 0 spiro atoms. The van der Waals surface area contributed by atoms with Gasteiger partial charge in [0.1, 0.15) is 0 Å². The van der Waals surface area contributed by atoms with E-state index in [2.05, 4.69) is 9.98 Å². The Bertz CT molecular complexity index is 1080. The lowest BCUT2D eigenvalue weighted by Gasteiger charge is -2.11. The second kappa shape index (κ2) is 10.2. The molecule has 3 aromatic rings. The van der Waals surface area contributed by atoms with E-state index in [-0.39, 0.29) is 17.2 Å². The van der Waals surface area contributed by atoms with Gasteiger partial charge >= 0.3 is 0 Å². The second-order valence-electron chi connectivity index (χ2n) is 6.72. The highest BCUT2D eigenvalue weighted by atomic mass is 16.5. The van der Waals surface area contributed by atoms with Crippen LogP contribution in [0.15, 0.2) is 64.6 Å². The highest BCUT2D eigenvalue weighted by Gasteiger charge is 2.12. The Morgan fingerprint density at radius 2 is 1.03 bits per heavy atom. The second-order valence-corrected chi connectivity index (χ2v) is 6.72. The quantitative estimate of drug-likeness (QED) is 0.459. The summed E-state index contributed by atoms with van der Waals surface area (Å²) in [6.45, 7) is 0. The third-order valence-corrected chi connectivity index (χ3v) is 4.64. The average molecular weight is 436 g/mol. The van der Waals surface area contributed by atoms with Crippen molar-refractivity contribution in [3.8, 4) is 34.5 Å². The van der Waals surface area contributed by atoms with Crippen LogP contribution in [0.25, 0.3) is 0 Å². The Balaban J connectivity index is 1.97. The van der Waals surface area contributed by atoms with E-state index < -0.39 is 6.17 Å². The monoisotopic (exact) mass is 436 g/mol. The number of phenolic OH excluding ortho intramolecular Hbond substituents is 3. The van der Waals surface area contributed by atoms with Gasteiger partial charge in [-0.25, -0.2) is 0 Å². The van der Waals surface area contributed by atoms with Gasteiger partial charge in [0.15, 0.2) is 40.7 Å².